The molecule has 0 radical (unpaired) electrons. The fourth-order valence-corrected chi connectivity index (χ4v) is 4.63. The predicted octanol–water partition coefficient (Wildman–Crippen LogP) is 5.12. The number of aromatic nitrogens is 4. The number of benzene rings is 2. The second-order valence-electron chi connectivity index (χ2n) is 8.80. The molecule has 6 nitrogen and oxygen atoms in total. The van der Waals surface area contributed by atoms with Crippen LogP contribution in [-0.4, -0.2) is 32.6 Å². The van der Waals surface area contributed by atoms with Crippen LogP contribution in [0.2, 0.25) is 0 Å². The van der Waals surface area contributed by atoms with Crippen molar-refractivity contribution in [3.63, 3.8) is 0 Å². The summed E-state index contributed by atoms with van der Waals surface area (Å²) in [7, 11) is 0. The lowest BCUT2D eigenvalue weighted by atomic mass is 10.0. The minimum absolute atomic E-state index is 0.463. The highest BCUT2D eigenvalue weighted by Crippen LogP contribution is 2.26. The van der Waals surface area contributed by atoms with Gasteiger partial charge >= 0.3 is 0 Å². The first-order chi connectivity index (χ1) is 16.8. The smallest absolute Gasteiger partial charge is 0.140 e. The molecule has 1 N–H and O–H groups in total. The van der Waals surface area contributed by atoms with Crippen LogP contribution in [0, 0.1) is 0 Å². The standard InChI is InChI=1S/C28H27N5O/c1-2-6-22(7-3-1)23-8-4-5-21(15-23)20-34-33-14-11-27-28(33)16-24(17-30-27)25-18-31-32(19-25)26-9-12-29-13-10-26/h1-8,11,14-19,26,29H,9-10,12-13,20H2. The summed E-state index contributed by atoms with van der Waals surface area (Å²) in [5.41, 5.74) is 7.50. The van der Waals surface area contributed by atoms with Gasteiger partial charge in [0.1, 0.15) is 12.1 Å². The van der Waals surface area contributed by atoms with Gasteiger partial charge < -0.3 is 10.2 Å². The SMILES string of the molecule is c1ccc(-c2cccc(COn3ccc4ncc(-c5cnn(C6CCNCC6)c5)cc43)c2)cc1. The second-order valence-corrected chi connectivity index (χ2v) is 8.80. The van der Waals surface area contributed by atoms with Crippen LogP contribution in [0.15, 0.2) is 91.5 Å². The third-order valence-electron chi connectivity index (χ3n) is 6.52. The fourth-order valence-electron chi connectivity index (χ4n) is 4.63. The van der Waals surface area contributed by atoms with Gasteiger partial charge in [0, 0.05) is 29.7 Å². The molecule has 0 aliphatic carbocycles. The van der Waals surface area contributed by atoms with Crippen molar-refractivity contribution in [2.45, 2.75) is 25.5 Å². The first-order valence-electron chi connectivity index (χ1n) is 11.8. The summed E-state index contributed by atoms with van der Waals surface area (Å²) in [6, 6.07) is 23.5. The molecule has 3 aromatic heterocycles. The van der Waals surface area contributed by atoms with Gasteiger partial charge in [0.05, 0.1) is 17.8 Å². The summed E-state index contributed by atoms with van der Waals surface area (Å²) in [5, 5.41) is 8.05. The molecular formula is C28H27N5O. The number of hydrogen-bond acceptors (Lipinski definition) is 4. The average molecular weight is 450 g/mol. The van der Waals surface area contributed by atoms with Crippen LogP contribution in [0.1, 0.15) is 24.4 Å². The Balaban J connectivity index is 1.22. The number of hydrogen-bond donors (Lipinski definition) is 1. The van der Waals surface area contributed by atoms with Crippen molar-refractivity contribution in [2.75, 3.05) is 13.1 Å². The monoisotopic (exact) mass is 449 g/mol. The quantitative estimate of drug-likeness (QED) is 0.391. The molecule has 0 bridgehead atoms. The van der Waals surface area contributed by atoms with Gasteiger partial charge in [0.2, 0.25) is 0 Å². The highest BCUT2D eigenvalue weighted by Gasteiger charge is 2.16. The van der Waals surface area contributed by atoms with Crippen molar-refractivity contribution in [2.24, 2.45) is 0 Å². The summed E-state index contributed by atoms with van der Waals surface area (Å²) in [4.78, 5) is 10.8. The van der Waals surface area contributed by atoms with Crippen LogP contribution in [-0.2, 0) is 6.61 Å². The molecule has 4 heterocycles. The highest BCUT2D eigenvalue weighted by molar-refractivity contribution is 5.80. The maximum Gasteiger partial charge on any atom is 0.140 e. The van der Waals surface area contributed by atoms with Crippen LogP contribution in [0.25, 0.3) is 33.3 Å². The van der Waals surface area contributed by atoms with E-state index in [0.29, 0.717) is 12.6 Å². The Morgan fingerprint density at radius 3 is 2.59 bits per heavy atom. The number of nitrogens with zero attached hydrogens (tertiary/aromatic N) is 4. The van der Waals surface area contributed by atoms with E-state index >= 15 is 0 Å². The van der Waals surface area contributed by atoms with E-state index in [4.69, 9.17) is 4.84 Å². The van der Waals surface area contributed by atoms with Crippen LogP contribution in [0.4, 0.5) is 0 Å². The van der Waals surface area contributed by atoms with Crippen LogP contribution >= 0.6 is 0 Å². The molecular weight excluding hydrogens is 422 g/mol. The Labute approximate surface area is 198 Å². The first-order valence-corrected chi connectivity index (χ1v) is 11.8. The average Bonchev–Trinajstić information content (AvgIpc) is 3.56. The van der Waals surface area contributed by atoms with Gasteiger partial charge in [-0.2, -0.15) is 9.83 Å². The van der Waals surface area contributed by atoms with E-state index in [1.807, 2.05) is 35.5 Å². The van der Waals surface area contributed by atoms with E-state index in [1.165, 1.54) is 11.1 Å². The number of nitrogens with one attached hydrogen (secondary N) is 1. The molecule has 1 aliphatic heterocycles. The van der Waals surface area contributed by atoms with E-state index in [2.05, 4.69) is 80.9 Å². The van der Waals surface area contributed by atoms with E-state index < -0.39 is 0 Å². The van der Waals surface area contributed by atoms with Gasteiger partial charge in [-0.1, -0.05) is 48.5 Å². The maximum atomic E-state index is 6.18. The minimum atomic E-state index is 0.463. The van der Waals surface area contributed by atoms with Crippen LogP contribution in [0.3, 0.4) is 0 Å². The molecule has 0 atom stereocenters. The summed E-state index contributed by atoms with van der Waals surface area (Å²) in [6.07, 6.45) is 10.2. The molecule has 1 aliphatic rings. The molecule has 0 spiro atoms. The zero-order chi connectivity index (χ0) is 22.7. The molecule has 0 amide bonds. The Bertz CT molecular complexity index is 1400. The molecule has 1 saturated heterocycles. The molecule has 0 saturated carbocycles. The van der Waals surface area contributed by atoms with E-state index in [-0.39, 0.29) is 0 Å². The van der Waals surface area contributed by atoms with Crippen molar-refractivity contribution in [1.82, 2.24) is 24.8 Å². The van der Waals surface area contributed by atoms with Gasteiger partial charge in [-0.3, -0.25) is 9.67 Å². The minimum Gasteiger partial charge on any atom is -0.409 e. The second kappa shape index (κ2) is 9.15. The lowest BCUT2D eigenvalue weighted by Crippen LogP contribution is -2.29. The van der Waals surface area contributed by atoms with Crippen molar-refractivity contribution >= 4 is 11.0 Å². The fraction of sp³-hybridized carbons (Fsp3) is 0.214. The number of fused-ring (bicyclic) bond motifs is 1. The molecule has 34 heavy (non-hydrogen) atoms. The Morgan fingerprint density at radius 2 is 1.71 bits per heavy atom. The third kappa shape index (κ3) is 4.20. The molecule has 6 rings (SSSR count). The van der Waals surface area contributed by atoms with E-state index in [9.17, 15) is 0 Å². The van der Waals surface area contributed by atoms with Gasteiger partial charge in [0.15, 0.2) is 0 Å². The van der Waals surface area contributed by atoms with Gasteiger partial charge in [-0.15, -0.1) is 0 Å². The van der Waals surface area contributed by atoms with Gasteiger partial charge in [-0.25, -0.2) is 0 Å². The predicted molar refractivity (Wildman–Crippen MR) is 134 cm³/mol. The molecule has 2 aromatic carbocycles. The summed E-state index contributed by atoms with van der Waals surface area (Å²) < 4.78 is 3.92. The van der Waals surface area contributed by atoms with Crippen LogP contribution in [0.5, 0.6) is 0 Å². The summed E-state index contributed by atoms with van der Waals surface area (Å²) in [6.45, 7) is 2.57. The first kappa shape index (κ1) is 20.7. The summed E-state index contributed by atoms with van der Waals surface area (Å²) in [5.74, 6) is 0. The van der Waals surface area contributed by atoms with E-state index in [1.54, 1.807) is 0 Å². The topological polar surface area (TPSA) is 56.9 Å². The van der Waals surface area contributed by atoms with Crippen molar-refractivity contribution in [3.05, 3.63) is 97.1 Å². The third-order valence-corrected chi connectivity index (χ3v) is 6.52. The molecule has 1 fully saturated rings. The molecule has 0 unspecified atom stereocenters. The Hall–Kier alpha value is -3.90. The van der Waals surface area contributed by atoms with Gasteiger partial charge in [0.25, 0.3) is 0 Å². The highest BCUT2D eigenvalue weighted by atomic mass is 16.7. The van der Waals surface area contributed by atoms with Gasteiger partial charge in [-0.05, 0) is 60.8 Å². The van der Waals surface area contributed by atoms with Crippen molar-refractivity contribution < 1.29 is 4.84 Å². The number of rotatable bonds is 6. The summed E-state index contributed by atoms with van der Waals surface area (Å²) >= 11 is 0. The van der Waals surface area contributed by atoms with Crippen molar-refractivity contribution in [1.29, 1.82) is 0 Å². The maximum absolute atomic E-state index is 6.18. The van der Waals surface area contributed by atoms with Crippen LogP contribution < -0.4 is 10.2 Å². The molecule has 170 valence electrons. The largest absolute Gasteiger partial charge is 0.409 e. The zero-order valence-electron chi connectivity index (χ0n) is 19.0. The lowest BCUT2D eigenvalue weighted by Gasteiger charge is -2.22. The Morgan fingerprint density at radius 1 is 0.853 bits per heavy atom. The molecule has 6 heteroatoms. The Kier molecular flexibility index (Phi) is 5.57. The van der Waals surface area contributed by atoms with E-state index in [0.717, 1.165) is 53.7 Å². The van der Waals surface area contributed by atoms with Crippen molar-refractivity contribution in [3.8, 4) is 22.3 Å². The lowest BCUT2D eigenvalue weighted by molar-refractivity contribution is 0.107. The normalized spacial score (nSPS) is 14.5. The zero-order valence-corrected chi connectivity index (χ0v) is 19.0. The number of pyridine rings is 1. The number of piperidine rings is 1. The molecule has 5 aromatic rings.